The van der Waals surface area contributed by atoms with Crippen LogP contribution in [0.25, 0.3) is 0 Å². The maximum atomic E-state index is 12.8. The van der Waals surface area contributed by atoms with E-state index < -0.39 is 20.0 Å². The molecule has 0 saturated carbocycles. The average molecular weight is 417 g/mol. The molecule has 0 radical (unpaired) electrons. The van der Waals surface area contributed by atoms with Gasteiger partial charge < -0.3 is 4.90 Å². The fraction of sp³-hybridized carbons (Fsp3) is 0.667. The number of nitrogens with zero attached hydrogens (tertiary/aromatic N) is 2. The number of likely N-dealkylation sites (N-methyl/N-ethyl adjacent to an activating group) is 1. The van der Waals surface area contributed by atoms with Crippen molar-refractivity contribution in [1.82, 2.24) is 8.61 Å². The van der Waals surface area contributed by atoms with E-state index in [4.69, 9.17) is 0 Å². The van der Waals surface area contributed by atoms with Gasteiger partial charge in [0.25, 0.3) is 0 Å². The van der Waals surface area contributed by atoms with Crippen LogP contribution >= 0.6 is 0 Å². The molecular formula is C18H30N3O4S2+. The summed E-state index contributed by atoms with van der Waals surface area (Å²) in [6.07, 6.45) is 3.85. The topological polar surface area (TPSA) is 79.2 Å². The number of sulfonamides is 2. The lowest BCUT2D eigenvalue weighted by atomic mass is 10.2. The van der Waals surface area contributed by atoms with Crippen molar-refractivity contribution in [3.05, 3.63) is 24.3 Å². The van der Waals surface area contributed by atoms with E-state index in [0.29, 0.717) is 26.2 Å². The van der Waals surface area contributed by atoms with Crippen LogP contribution in [0.4, 0.5) is 0 Å². The van der Waals surface area contributed by atoms with Crippen molar-refractivity contribution < 1.29 is 21.7 Å². The zero-order valence-electron chi connectivity index (χ0n) is 15.9. The highest BCUT2D eigenvalue weighted by Gasteiger charge is 2.31. The lowest BCUT2D eigenvalue weighted by Crippen LogP contribution is -3.14. The monoisotopic (exact) mass is 416 g/mol. The molecule has 0 amide bonds. The number of nitrogens with one attached hydrogen (secondary N) is 1. The van der Waals surface area contributed by atoms with Gasteiger partial charge in [-0.1, -0.05) is 12.8 Å². The van der Waals surface area contributed by atoms with Crippen molar-refractivity contribution in [2.75, 3.05) is 45.8 Å². The number of hydrogen-bond acceptors (Lipinski definition) is 4. The Morgan fingerprint density at radius 1 is 0.741 bits per heavy atom. The summed E-state index contributed by atoms with van der Waals surface area (Å²) in [5.74, 6) is 0. The second-order valence-corrected chi connectivity index (χ2v) is 11.2. The van der Waals surface area contributed by atoms with Crippen LogP contribution in [0.3, 0.4) is 0 Å². The third-order valence-corrected chi connectivity index (χ3v) is 9.42. The Kier molecular flexibility index (Phi) is 6.58. The van der Waals surface area contributed by atoms with Crippen LogP contribution in [0.5, 0.6) is 0 Å². The summed E-state index contributed by atoms with van der Waals surface area (Å²) in [6.45, 7) is 6.77. The third-order valence-electron chi connectivity index (χ3n) is 5.59. The first-order chi connectivity index (χ1) is 12.9. The molecule has 9 heteroatoms. The molecule has 1 N–H and O–H groups in total. The Bertz CT molecular complexity index is 822. The number of quaternary nitrogens is 1. The van der Waals surface area contributed by atoms with Gasteiger partial charge in [-0.2, -0.15) is 8.61 Å². The largest absolute Gasteiger partial charge is 0.333 e. The van der Waals surface area contributed by atoms with Gasteiger partial charge in [0, 0.05) is 13.1 Å². The minimum atomic E-state index is -3.58. The molecule has 0 unspecified atom stereocenters. The summed E-state index contributed by atoms with van der Waals surface area (Å²) >= 11 is 0. The third kappa shape index (κ3) is 4.54. The van der Waals surface area contributed by atoms with E-state index in [1.807, 2.05) is 0 Å². The summed E-state index contributed by atoms with van der Waals surface area (Å²) in [4.78, 5) is 1.74. The molecule has 0 bridgehead atoms. The van der Waals surface area contributed by atoms with Crippen molar-refractivity contribution in [2.45, 2.75) is 42.4 Å². The van der Waals surface area contributed by atoms with Crippen molar-refractivity contribution in [1.29, 1.82) is 0 Å². The first-order valence-corrected chi connectivity index (χ1v) is 12.7. The van der Waals surface area contributed by atoms with Crippen LogP contribution in [-0.2, 0) is 20.0 Å². The van der Waals surface area contributed by atoms with E-state index in [1.165, 1.54) is 37.8 Å². The van der Waals surface area contributed by atoms with Crippen molar-refractivity contribution in [3.8, 4) is 0 Å². The van der Waals surface area contributed by atoms with Gasteiger partial charge in [-0.05, 0) is 44.0 Å². The lowest BCUT2D eigenvalue weighted by molar-refractivity contribution is -0.901. The molecule has 3 rings (SSSR count). The summed E-state index contributed by atoms with van der Waals surface area (Å²) < 4.78 is 54.4. The van der Waals surface area contributed by atoms with Gasteiger partial charge >= 0.3 is 0 Å². The maximum absolute atomic E-state index is 12.8. The van der Waals surface area contributed by atoms with E-state index in [-0.39, 0.29) is 9.79 Å². The highest BCUT2D eigenvalue weighted by Crippen LogP contribution is 2.23. The first-order valence-electron chi connectivity index (χ1n) is 9.79. The smallest absolute Gasteiger partial charge is 0.243 e. The Morgan fingerprint density at radius 2 is 1.15 bits per heavy atom. The van der Waals surface area contributed by atoms with Crippen LogP contribution in [0.1, 0.15) is 32.6 Å². The Hall–Kier alpha value is -1.00. The minimum Gasteiger partial charge on any atom is -0.333 e. The summed E-state index contributed by atoms with van der Waals surface area (Å²) in [6, 6.07) is 5.72. The molecule has 1 aromatic rings. The molecule has 0 aliphatic carbocycles. The van der Waals surface area contributed by atoms with Crippen LogP contribution in [0, 0.1) is 0 Å². The minimum absolute atomic E-state index is 0.164. The molecule has 0 aromatic heterocycles. The fourth-order valence-electron chi connectivity index (χ4n) is 3.76. The van der Waals surface area contributed by atoms with Gasteiger partial charge in [-0.25, -0.2) is 16.8 Å². The SMILES string of the molecule is CC[NH+]1CCN(S(=O)(=O)c2ccc(S(=O)(=O)N3CCCCCC3)cc2)CC1. The van der Waals surface area contributed by atoms with Gasteiger partial charge in [-0.3, -0.25) is 0 Å². The summed E-state index contributed by atoms with van der Waals surface area (Å²) in [5.41, 5.74) is 0. The molecule has 2 aliphatic heterocycles. The van der Waals surface area contributed by atoms with E-state index in [9.17, 15) is 16.8 Å². The van der Waals surface area contributed by atoms with Gasteiger partial charge in [0.2, 0.25) is 20.0 Å². The zero-order valence-corrected chi connectivity index (χ0v) is 17.6. The van der Waals surface area contributed by atoms with Gasteiger partial charge in [-0.15, -0.1) is 0 Å². The number of hydrogen-bond donors (Lipinski definition) is 1. The highest BCUT2D eigenvalue weighted by molar-refractivity contribution is 7.89. The highest BCUT2D eigenvalue weighted by atomic mass is 32.2. The van der Waals surface area contributed by atoms with Crippen molar-refractivity contribution in [2.24, 2.45) is 0 Å². The Balaban J connectivity index is 1.76. The van der Waals surface area contributed by atoms with Crippen LogP contribution in [0.15, 0.2) is 34.1 Å². The lowest BCUT2D eigenvalue weighted by Gasteiger charge is -2.30. The molecule has 2 fully saturated rings. The van der Waals surface area contributed by atoms with Crippen LogP contribution < -0.4 is 4.90 Å². The Labute approximate surface area is 163 Å². The predicted octanol–water partition coefficient (Wildman–Crippen LogP) is 0.160. The van der Waals surface area contributed by atoms with Crippen molar-refractivity contribution >= 4 is 20.0 Å². The van der Waals surface area contributed by atoms with E-state index in [1.54, 1.807) is 0 Å². The normalized spacial score (nSPS) is 21.8. The van der Waals surface area contributed by atoms with E-state index in [0.717, 1.165) is 45.3 Å². The molecule has 0 spiro atoms. The molecule has 7 nitrogen and oxygen atoms in total. The molecule has 0 atom stereocenters. The molecule has 1 aromatic carbocycles. The molecule has 2 heterocycles. The van der Waals surface area contributed by atoms with Gasteiger partial charge in [0.1, 0.15) is 0 Å². The molecular weight excluding hydrogens is 386 g/mol. The maximum Gasteiger partial charge on any atom is 0.243 e. The summed E-state index contributed by atoms with van der Waals surface area (Å²) in [5, 5.41) is 0. The molecule has 2 saturated heterocycles. The van der Waals surface area contributed by atoms with Crippen LogP contribution in [0.2, 0.25) is 0 Å². The number of rotatable bonds is 5. The van der Waals surface area contributed by atoms with E-state index in [2.05, 4.69) is 6.92 Å². The van der Waals surface area contributed by atoms with Crippen molar-refractivity contribution in [3.63, 3.8) is 0 Å². The summed E-state index contributed by atoms with van der Waals surface area (Å²) in [7, 11) is -7.14. The van der Waals surface area contributed by atoms with E-state index >= 15 is 0 Å². The standard InChI is InChI=1S/C18H29N3O4S2/c1-2-19-13-15-21(16-14-19)27(24,25)18-9-7-17(8-10-18)26(22,23)20-11-5-3-4-6-12-20/h7-10H,2-6,11-16H2,1H3/p+1. The van der Waals surface area contributed by atoms with Gasteiger partial charge in [0.05, 0.1) is 42.5 Å². The first kappa shape index (κ1) is 20.7. The number of benzene rings is 1. The predicted molar refractivity (Wildman–Crippen MR) is 104 cm³/mol. The fourth-order valence-corrected chi connectivity index (χ4v) is 6.72. The molecule has 152 valence electrons. The van der Waals surface area contributed by atoms with Crippen LogP contribution in [-0.4, -0.2) is 71.3 Å². The molecule has 2 aliphatic rings. The zero-order chi connectivity index (χ0) is 19.5. The Morgan fingerprint density at radius 3 is 1.56 bits per heavy atom. The van der Waals surface area contributed by atoms with Gasteiger partial charge in [0.15, 0.2) is 0 Å². The second kappa shape index (κ2) is 8.57. The number of piperazine rings is 1. The molecule has 27 heavy (non-hydrogen) atoms. The average Bonchev–Trinajstić information content (AvgIpc) is 2.98. The quantitative estimate of drug-likeness (QED) is 0.742. The second-order valence-electron chi connectivity index (χ2n) is 7.30.